The second-order valence-electron chi connectivity index (χ2n) is 1.57. The van der Waals surface area contributed by atoms with E-state index in [0.717, 1.165) is 13.1 Å². The van der Waals surface area contributed by atoms with E-state index in [9.17, 15) is 5.11 Å². The van der Waals surface area contributed by atoms with Crippen LogP contribution in [0.1, 0.15) is 13.8 Å². The fourth-order valence-corrected chi connectivity index (χ4v) is 0.576. The number of hydrogen-bond donors (Lipinski definition) is 0. The maximum Gasteiger partial charge on any atom is 2.00 e. The molecule has 0 unspecified atom stereocenters. The SMILES string of the molecule is C=C([O-])N(CC)CC.[Br-].[Zn+2]. The molecule has 0 aromatic heterocycles. The summed E-state index contributed by atoms with van der Waals surface area (Å²) in [6.45, 7) is 8.67. The Hall–Kier alpha value is 0.443. The Morgan fingerprint density at radius 3 is 1.70 bits per heavy atom. The van der Waals surface area contributed by atoms with E-state index in [1.807, 2.05) is 13.8 Å². The van der Waals surface area contributed by atoms with Crippen LogP contribution in [0.15, 0.2) is 12.5 Å². The minimum absolute atomic E-state index is 0. The zero-order valence-electron chi connectivity index (χ0n) is 6.56. The molecule has 0 fully saturated rings. The van der Waals surface area contributed by atoms with Crippen LogP contribution < -0.4 is 22.1 Å². The second-order valence-corrected chi connectivity index (χ2v) is 1.57. The van der Waals surface area contributed by atoms with Crippen molar-refractivity contribution in [2.75, 3.05) is 13.1 Å². The van der Waals surface area contributed by atoms with E-state index in [1.165, 1.54) is 0 Å². The van der Waals surface area contributed by atoms with E-state index in [4.69, 9.17) is 0 Å². The molecule has 0 amide bonds. The summed E-state index contributed by atoms with van der Waals surface area (Å²) in [5.41, 5.74) is 0. The molecule has 0 heterocycles. The van der Waals surface area contributed by atoms with Gasteiger partial charge >= 0.3 is 19.5 Å². The molecule has 2 nitrogen and oxygen atoms in total. The van der Waals surface area contributed by atoms with Gasteiger partial charge < -0.3 is 27.0 Å². The van der Waals surface area contributed by atoms with E-state index < -0.39 is 0 Å². The average molecular weight is 259 g/mol. The molecule has 0 aliphatic heterocycles. The van der Waals surface area contributed by atoms with Crippen molar-refractivity contribution in [2.24, 2.45) is 0 Å². The zero-order valence-corrected chi connectivity index (χ0v) is 11.1. The third-order valence-electron chi connectivity index (χ3n) is 1.12. The molecule has 0 aliphatic rings. The summed E-state index contributed by atoms with van der Waals surface area (Å²) in [6.07, 6.45) is 0. The van der Waals surface area contributed by atoms with Gasteiger partial charge in [0.1, 0.15) is 0 Å². The molecule has 0 bridgehead atoms. The van der Waals surface area contributed by atoms with Crippen molar-refractivity contribution in [2.45, 2.75) is 13.8 Å². The first-order valence-electron chi connectivity index (χ1n) is 2.83. The molecule has 0 N–H and O–H groups in total. The molecule has 0 aromatic carbocycles. The van der Waals surface area contributed by atoms with Crippen molar-refractivity contribution in [3.63, 3.8) is 0 Å². The van der Waals surface area contributed by atoms with E-state index in [1.54, 1.807) is 4.90 Å². The molecule has 56 valence electrons. The Bertz CT molecular complexity index is 85.8. The maximum absolute atomic E-state index is 10.4. The van der Waals surface area contributed by atoms with E-state index in [-0.39, 0.29) is 42.3 Å². The van der Waals surface area contributed by atoms with E-state index in [2.05, 4.69) is 6.58 Å². The van der Waals surface area contributed by atoms with Gasteiger partial charge in [0.05, 0.1) is 0 Å². The summed E-state index contributed by atoms with van der Waals surface area (Å²) in [5, 5.41) is 10.4. The molecule has 0 rings (SSSR count). The Balaban J connectivity index is -0.000000245. The number of hydrogen-bond acceptors (Lipinski definition) is 2. The fraction of sp³-hybridized carbons (Fsp3) is 0.667. The van der Waals surface area contributed by atoms with Crippen molar-refractivity contribution in [1.29, 1.82) is 0 Å². The first-order chi connectivity index (χ1) is 3.72. The number of nitrogens with zero attached hydrogens (tertiary/aromatic N) is 1. The van der Waals surface area contributed by atoms with Crippen molar-refractivity contribution in [3.05, 3.63) is 12.5 Å². The van der Waals surface area contributed by atoms with Crippen LogP contribution in [0.3, 0.4) is 0 Å². The predicted molar refractivity (Wildman–Crippen MR) is 32.1 cm³/mol. The molecule has 0 saturated heterocycles. The second kappa shape index (κ2) is 9.44. The summed E-state index contributed by atoms with van der Waals surface area (Å²) in [4.78, 5) is 1.67. The molecule has 0 aliphatic carbocycles. The monoisotopic (exact) mass is 257 g/mol. The maximum atomic E-state index is 10.4. The molecule has 10 heavy (non-hydrogen) atoms. The molecule has 0 aromatic rings. The Morgan fingerprint density at radius 2 is 1.70 bits per heavy atom. The van der Waals surface area contributed by atoms with Gasteiger partial charge in [0.25, 0.3) is 0 Å². The number of rotatable bonds is 3. The van der Waals surface area contributed by atoms with Crippen LogP contribution in [-0.2, 0) is 19.5 Å². The smallest absolute Gasteiger partial charge is 1.00 e. The van der Waals surface area contributed by atoms with Crippen LogP contribution in [0.2, 0.25) is 0 Å². The van der Waals surface area contributed by atoms with Crippen LogP contribution in [0.25, 0.3) is 0 Å². The largest absolute Gasteiger partial charge is 2.00 e. The predicted octanol–water partition coefficient (Wildman–Crippen LogP) is -2.84. The van der Waals surface area contributed by atoms with Crippen LogP contribution in [0, 0.1) is 0 Å². The van der Waals surface area contributed by atoms with Gasteiger partial charge in [0.15, 0.2) is 0 Å². The summed E-state index contributed by atoms with van der Waals surface area (Å²) >= 11 is 0. The topological polar surface area (TPSA) is 26.3 Å². The average Bonchev–Trinajstić information content (AvgIpc) is 1.69. The summed E-state index contributed by atoms with van der Waals surface area (Å²) < 4.78 is 0. The van der Waals surface area contributed by atoms with Crippen LogP contribution in [-0.4, -0.2) is 18.0 Å². The summed E-state index contributed by atoms with van der Waals surface area (Å²) in [6, 6.07) is 0. The zero-order chi connectivity index (χ0) is 6.57. The van der Waals surface area contributed by atoms with Crippen LogP contribution >= 0.6 is 0 Å². The molecule has 0 spiro atoms. The standard InChI is InChI=1S/C6H13NO.BrH.Zn/c1-4-7(5-2)6(3)8;;/h8H,3-5H2,1-2H3;1H;/q;;+2/p-2. The van der Waals surface area contributed by atoms with Gasteiger partial charge in [-0.1, -0.05) is 6.58 Å². The van der Waals surface area contributed by atoms with Gasteiger partial charge in [-0.3, -0.25) is 0 Å². The molecule has 0 atom stereocenters. The van der Waals surface area contributed by atoms with Gasteiger partial charge in [-0.15, -0.1) is 0 Å². The van der Waals surface area contributed by atoms with Crippen LogP contribution in [0.5, 0.6) is 0 Å². The van der Waals surface area contributed by atoms with E-state index >= 15 is 0 Å². The van der Waals surface area contributed by atoms with Gasteiger partial charge in [0.2, 0.25) is 0 Å². The van der Waals surface area contributed by atoms with Gasteiger partial charge in [-0.25, -0.2) is 0 Å². The van der Waals surface area contributed by atoms with Crippen molar-refractivity contribution in [3.8, 4) is 0 Å². The first kappa shape index (κ1) is 16.8. The Morgan fingerprint density at radius 1 is 1.40 bits per heavy atom. The third kappa shape index (κ3) is 6.56. The van der Waals surface area contributed by atoms with Crippen molar-refractivity contribution >= 4 is 0 Å². The van der Waals surface area contributed by atoms with Gasteiger partial charge in [-0.05, 0) is 19.7 Å². The van der Waals surface area contributed by atoms with Gasteiger partial charge in [0, 0.05) is 13.1 Å². The quantitative estimate of drug-likeness (QED) is 0.403. The third-order valence-corrected chi connectivity index (χ3v) is 1.12. The summed E-state index contributed by atoms with van der Waals surface area (Å²) in [5.74, 6) is -0.0880. The molecular formula is C6H12BrNOZn. The van der Waals surface area contributed by atoms with Crippen molar-refractivity contribution in [1.82, 2.24) is 4.90 Å². The van der Waals surface area contributed by atoms with Gasteiger partial charge in [-0.2, -0.15) is 0 Å². The van der Waals surface area contributed by atoms with E-state index in [0.29, 0.717) is 0 Å². The normalized spacial score (nSPS) is 7.00. The first-order valence-corrected chi connectivity index (χ1v) is 2.83. The van der Waals surface area contributed by atoms with Crippen LogP contribution in [0.4, 0.5) is 0 Å². The molecule has 0 radical (unpaired) electrons. The number of halogens is 1. The van der Waals surface area contributed by atoms with Crippen molar-refractivity contribution < 1.29 is 41.6 Å². The fourth-order valence-electron chi connectivity index (χ4n) is 0.576. The summed E-state index contributed by atoms with van der Waals surface area (Å²) in [7, 11) is 0. The Labute approximate surface area is 85.8 Å². The Kier molecular flexibility index (Phi) is 15.9. The minimum Gasteiger partial charge on any atom is -1.00 e. The molecule has 0 saturated carbocycles. The molecular weight excluding hydrogens is 247 g/mol. The minimum atomic E-state index is -0.0880. The molecule has 4 heteroatoms.